The molecule has 0 aliphatic carbocycles. The number of pyridine rings is 1. The van der Waals surface area contributed by atoms with Gasteiger partial charge in [0.05, 0.1) is 11.4 Å². The van der Waals surface area contributed by atoms with Gasteiger partial charge in [0.2, 0.25) is 0 Å². The second-order valence-corrected chi connectivity index (χ2v) is 5.28. The zero-order valence-electron chi connectivity index (χ0n) is 12.5. The molecule has 4 nitrogen and oxygen atoms in total. The zero-order chi connectivity index (χ0) is 16.4. The van der Waals surface area contributed by atoms with Crippen molar-refractivity contribution < 1.29 is 14.3 Å². The van der Waals surface area contributed by atoms with Crippen LogP contribution in [-0.4, -0.2) is 20.5 Å². The van der Waals surface area contributed by atoms with Crippen molar-refractivity contribution in [2.75, 3.05) is 0 Å². The van der Waals surface area contributed by atoms with E-state index in [1.807, 2.05) is 29.5 Å². The molecule has 0 spiro atoms. The van der Waals surface area contributed by atoms with Crippen molar-refractivity contribution >= 4 is 17.7 Å². The Labute approximate surface area is 132 Å². The summed E-state index contributed by atoms with van der Waals surface area (Å²) in [6.07, 6.45) is 3.15. The van der Waals surface area contributed by atoms with E-state index < -0.39 is 5.97 Å². The molecule has 116 valence electrons. The monoisotopic (exact) mass is 310 g/mol. The molecule has 3 aromatic rings. The first-order chi connectivity index (χ1) is 11.0. The van der Waals surface area contributed by atoms with Gasteiger partial charge in [-0.3, -0.25) is 4.40 Å². The van der Waals surface area contributed by atoms with Gasteiger partial charge >= 0.3 is 5.97 Å². The van der Waals surface area contributed by atoms with E-state index in [0.717, 1.165) is 34.4 Å². The third-order valence-electron chi connectivity index (χ3n) is 3.62. The summed E-state index contributed by atoms with van der Waals surface area (Å²) in [7, 11) is 0. The van der Waals surface area contributed by atoms with Crippen LogP contribution >= 0.6 is 0 Å². The molecule has 0 atom stereocenters. The number of imidazole rings is 1. The van der Waals surface area contributed by atoms with Crippen molar-refractivity contribution in [3.05, 3.63) is 77.0 Å². The van der Waals surface area contributed by atoms with Gasteiger partial charge in [0.15, 0.2) is 0 Å². The molecule has 0 aliphatic heterocycles. The topological polar surface area (TPSA) is 54.6 Å². The Balaban J connectivity index is 2.11. The van der Waals surface area contributed by atoms with E-state index >= 15 is 0 Å². The van der Waals surface area contributed by atoms with E-state index in [9.17, 15) is 9.18 Å². The summed E-state index contributed by atoms with van der Waals surface area (Å²) in [4.78, 5) is 15.5. The maximum atomic E-state index is 13.0. The number of carboxylic acids is 1. The third-order valence-corrected chi connectivity index (χ3v) is 3.62. The SMILES string of the molecule is Cc1cccc2nc(Cc3ccc(F)cc3)c(/C=C/C(=O)O)n12. The fourth-order valence-electron chi connectivity index (χ4n) is 2.58. The Morgan fingerprint density at radius 3 is 2.70 bits per heavy atom. The molecule has 2 aromatic heterocycles. The van der Waals surface area contributed by atoms with Gasteiger partial charge < -0.3 is 5.11 Å². The molecule has 0 aliphatic rings. The van der Waals surface area contributed by atoms with Gasteiger partial charge in [-0.25, -0.2) is 14.2 Å². The molecule has 0 saturated heterocycles. The first-order valence-electron chi connectivity index (χ1n) is 7.17. The number of halogens is 1. The summed E-state index contributed by atoms with van der Waals surface area (Å²) < 4.78 is 15.0. The highest BCUT2D eigenvalue weighted by molar-refractivity contribution is 5.85. The molecule has 0 bridgehead atoms. The maximum absolute atomic E-state index is 13.0. The standard InChI is InChI=1S/C18H15FN2O2/c1-12-3-2-4-17-20-15(11-13-5-7-14(19)8-6-13)16(21(12)17)9-10-18(22)23/h2-10H,11H2,1H3,(H,22,23)/b10-9+. The minimum Gasteiger partial charge on any atom is -0.478 e. The van der Waals surface area contributed by atoms with E-state index in [4.69, 9.17) is 5.11 Å². The largest absolute Gasteiger partial charge is 0.478 e. The number of benzene rings is 1. The minimum atomic E-state index is -1.01. The Hall–Kier alpha value is -2.95. The minimum absolute atomic E-state index is 0.286. The van der Waals surface area contributed by atoms with Crippen molar-refractivity contribution in [3.8, 4) is 0 Å². The van der Waals surface area contributed by atoms with Gasteiger partial charge in [0.25, 0.3) is 0 Å². The Kier molecular flexibility index (Phi) is 3.93. The fraction of sp³-hybridized carbons (Fsp3) is 0.111. The van der Waals surface area contributed by atoms with E-state index in [1.165, 1.54) is 12.1 Å². The van der Waals surface area contributed by atoms with Crippen LogP contribution in [0.15, 0.2) is 48.5 Å². The van der Waals surface area contributed by atoms with E-state index in [-0.39, 0.29) is 5.82 Å². The zero-order valence-corrected chi connectivity index (χ0v) is 12.5. The van der Waals surface area contributed by atoms with Crippen LogP contribution in [0.25, 0.3) is 11.7 Å². The van der Waals surface area contributed by atoms with Crippen LogP contribution < -0.4 is 0 Å². The number of carbonyl (C=O) groups is 1. The molecule has 1 aromatic carbocycles. The molecular formula is C18H15FN2O2. The number of hydrogen-bond acceptors (Lipinski definition) is 2. The van der Waals surface area contributed by atoms with Crippen molar-refractivity contribution in [2.45, 2.75) is 13.3 Å². The molecule has 23 heavy (non-hydrogen) atoms. The first kappa shape index (κ1) is 15.0. The van der Waals surface area contributed by atoms with Crippen LogP contribution in [0.3, 0.4) is 0 Å². The normalized spacial score (nSPS) is 11.4. The second kappa shape index (κ2) is 6.04. The lowest BCUT2D eigenvalue weighted by Crippen LogP contribution is -1.97. The number of aryl methyl sites for hydroxylation is 1. The molecule has 0 amide bonds. The molecule has 5 heteroatoms. The highest BCUT2D eigenvalue weighted by Crippen LogP contribution is 2.20. The summed E-state index contributed by atoms with van der Waals surface area (Å²) in [6, 6.07) is 11.9. The smallest absolute Gasteiger partial charge is 0.328 e. The molecule has 1 N–H and O–H groups in total. The fourth-order valence-corrected chi connectivity index (χ4v) is 2.58. The van der Waals surface area contributed by atoms with Crippen LogP contribution in [0.5, 0.6) is 0 Å². The lowest BCUT2D eigenvalue weighted by atomic mass is 10.1. The molecule has 0 unspecified atom stereocenters. The van der Waals surface area contributed by atoms with Crippen LogP contribution in [0.2, 0.25) is 0 Å². The number of aliphatic carboxylic acids is 1. The van der Waals surface area contributed by atoms with E-state index in [2.05, 4.69) is 4.98 Å². The number of carboxylic acid groups (broad SMARTS) is 1. The van der Waals surface area contributed by atoms with Gasteiger partial charge in [-0.05, 0) is 42.8 Å². The Bertz CT molecular complexity index is 895. The summed E-state index contributed by atoms with van der Waals surface area (Å²) in [5.74, 6) is -1.30. The summed E-state index contributed by atoms with van der Waals surface area (Å²) in [5.41, 5.74) is 4.11. The van der Waals surface area contributed by atoms with Crippen LogP contribution in [0.1, 0.15) is 22.6 Å². The Morgan fingerprint density at radius 1 is 1.26 bits per heavy atom. The Morgan fingerprint density at radius 2 is 2.00 bits per heavy atom. The van der Waals surface area contributed by atoms with Gasteiger partial charge in [-0.1, -0.05) is 18.2 Å². The maximum Gasteiger partial charge on any atom is 0.328 e. The average Bonchev–Trinajstić information content (AvgIpc) is 2.86. The van der Waals surface area contributed by atoms with Crippen LogP contribution in [-0.2, 0) is 11.2 Å². The first-order valence-corrected chi connectivity index (χ1v) is 7.17. The van der Waals surface area contributed by atoms with Gasteiger partial charge in [0.1, 0.15) is 11.5 Å². The molecule has 0 radical (unpaired) electrons. The average molecular weight is 310 g/mol. The third kappa shape index (κ3) is 3.13. The molecular weight excluding hydrogens is 295 g/mol. The highest BCUT2D eigenvalue weighted by Gasteiger charge is 2.12. The molecule has 0 fully saturated rings. The summed E-state index contributed by atoms with van der Waals surface area (Å²) >= 11 is 0. The number of fused-ring (bicyclic) bond motifs is 1. The van der Waals surface area contributed by atoms with Crippen molar-refractivity contribution in [2.24, 2.45) is 0 Å². The van der Waals surface area contributed by atoms with Crippen LogP contribution in [0.4, 0.5) is 4.39 Å². The molecule has 0 saturated carbocycles. The quantitative estimate of drug-likeness (QED) is 0.751. The number of nitrogens with zero attached hydrogens (tertiary/aromatic N) is 2. The van der Waals surface area contributed by atoms with Gasteiger partial charge in [-0.2, -0.15) is 0 Å². The van der Waals surface area contributed by atoms with Crippen molar-refractivity contribution in [1.82, 2.24) is 9.38 Å². The van der Waals surface area contributed by atoms with Crippen molar-refractivity contribution in [3.63, 3.8) is 0 Å². The lowest BCUT2D eigenvalue weighted by Gasteiger charge is -2.04. The summed E-state index contributed by atoms with van der Waals surface area (Å²) in [5, 5.41) is 8.91. The number of hydrogen-bond donors (Lipinski definition) is 1. The van der Waals surface area contributed by atoms with Crippen molar-refractivity contribution in [1.29, 1.82) is 0 Å². The number of rotatable bonds is 4. The number of aromatic nitrogens is 2. The van der Waals surface area contributed by atoms with E-state index in [1.54, 1.807) is 18.2 Å². The van der Waals surface area contributed by atoms with Gasteiger partial charge in [0, 0.05) is 18.2 Å². The highest BCUT2D eigenvalue weighted by atomic mass is 19.1. The molecule has 2 heterocycles. The summed E-state index contributed by atoms with van der Waals surface area (Å²) in [6.45, 7) is 1.94. The lowest BCUT2D eigenvalue weighted by molar-refractivity contribution is -0.131. The second-order valence-electron chi connectivity index (χ2n) is 5.28. The van der Waals surface area contributed by atoms with E-state index in [0.29, 0.717) is 6.42 Å². The molecule has 3 rings (SSSR count). The van der Waals surface area contributed by atoms with Gasteiger partial charge in [-0.15, -0.1) is 0 Å². The van der Waals surface area contributed by atoms with Crippen LogP contribution in [0, 0.1) is 12.7 Å². The predicted octanol–water partition coefficient (Wildman–Crippen LogP) is 3.47. The predicted molar refractivity (Wildman–Crippen MR) is 85.8 cm³/mol.